The maximum Gasteiger partial charge on any atom is 0.164 e. The molecule has 1 aliphatic carbocycles. The van der Waals surface area contributed by atoms with Gasteiger partial charge in [0.1, 0.15) is 0 Å². The van der Waals surface area contributed by atoms with Gasteiger partial charge in [-0.3, -0.25) is 4.79 Å². The van der Waals surface area contributed by atoms with Crippen molar-refractivity contribution in [3.63, 3.8) is 0 Å². The predicted octanol–water partition coefficient (Wildman–Crippen LogP) is 2.08. The number of carbonyl (C=O) groups is 1. The van der Waals surface area contributed by atoms with Crippen LogP contribution in [-0.4, -0.2) is 5.78 Å². The number of benzene rings is 1. The number of nitrogens with zero attached hydrogens (tertiary/aromatic N) is 1. The first-order valence-electron chi connectivity index (χ1n) is 4.38. The molecule has 0 spiro atoms. The Kier molecular flexibility index (Phi) is 1.86. The largest absolute Gasteiger partial charge is 0.294 e. The van der Waals surface area contributed by atoms with E-state index in [1.54, 1.807) is 6.07 Å². The number of Topliss-reactive ketones (excluding diaryl/α,β-unsaturated/α-hetero) is 1. The van der Waals surface area contributed by atoms with Crippen molar-refractivity contribution in [1.82, 2.24) is 0 Å². The normalized spacial score (nSPS) is 14.8. The van der Waals surface area contributed by atoms with Crippen LogP contribution >= 0.6 is 0 Å². The molecular formula is C11H9NO. The highest BCUT2D eigenvalue weighted by molar-refractivity contribution is 6.00. The number of carbonyl (C=O) groups excluding carboxylic acids is 1. The summed E-state index contributed by atoms with van der Waals surface area (Å²) in [7, 11) is 0. The number of hydrogen-bond donors (Lipinski definition) is 0. The van der Waals surface area contributed by atoms with E-state index < -0.39 is 0 Å². The van der Waals surface area contributed by atoms with E-state index in [2.05, 4.69) is 6.07 Å². The van der Waals surface area contributed by atoms with Gasteiger partial charge < -0.3 is 0 Å². The van der Waals surface area contributed by atoms with Gasteiger partial charge >= 0.3 is 0 Å². The minimum atomic E-state index is 0.124. The van der Waals surface area contributed by atoms with Gasteiger partial charge in [0, 0.05) is 12.0 Å². The SMILES string of the molecule is N#Cc1cccc2c1C(=O)CCC2. The van der Waals surface area contributed by atoms with Gasteiger partial charge in [0.15, 0.2) is 5.78 Å². The van der Waals surface area contributed by atoms with Crippen LogP contribution in [0.3, 0.4) is 0 Å². The Bertz CT molecular complexity index is 401. The minimum Gasteiger partial charge on any atom is -0.294 e. The maximum atomic E-state index is 11.5. The van der Waals surface area contributed by atoms with E-state index >= 15 is 0 Å². The third-order valence-corrected chi connectivity index (χ3v) is 2.40. The summed E-state index contributed by atoms with van der Waals surface area (Å²) in [6.07, 6.45) is 2.43. The van der Waals surface area contributed by atoms with Gasteiger partial charge in [-0.2, -0.15) is 5.26 Å². The fourth-order valence-corrected chi connectivity index (χ4v) is 1.80. The molecule has 0 saturated heterocycles. The third-order valence-electron chi connectivity index (χ3n) is 2.40. The summed E-state index contributed by atoms with van der Waals surface area (Å²) in [5, 5.41) is 8.81. The average Bonchev–Trinajstić information content (AvgIpc) is 2.17. The van der Waals surface area contributed by atoms with Gasteiger partial charge in [-0.15, -0.1) is 0 Å². The Hall–Kier alpha value is -1.62. The lowest BCUT2D eigenvalue weighted by molar-refractivity contribution is 0.0972. The van der Waals surface area contributed by atoms with Crippen molar-refractivity contribution in [3.05, 3.63) is 34.9 Å². The second-order valence-corrected chi connectivity index (χ2v) is 3.23. The first-order valence-corrected chi connectivity index (χ1v) is 4.38. The summed E-state index contributed by atoms with van der Waals surface area (Å²) in [6, 6.07) is 7.56. The van der Waals surface area contributed by atoms with Gasteiger partial charge in [-0.1, -0.05) is 12.1 Å². The zero-order valence-electron chi connectivity index (χ0n) is 7.21. The van der Waals surface area contributed by atoms with Gasteiger partial charge in [0.05, 0.1) is 11.6 Å². The van der Waals surface area contributed by atoms with Gasteiger partial charge in [0.2, 0.25) is 0 Å². The molecule has 1 aromatic carbocycles. The molecule has 0 aliphatic heterocycles. The molecule has 1 aliphatic rings. The molecule has 0 saturated carbocycles. The quantitative estimate of drug-likeness (QED) is 0.599. The number of fused-ring (bicyclic) bond motifs is 1. The Morgan fingerprint density at radius 2 is 2.15 bits per heavy atom. The molecule has 0 amide bonds. The smallest absolute Gasteiger partial charge is 0.164 e. The van der Waals surface area contributed by atoms with Crippen molar-refractivity contribution < 1.29 is 4.79 Å². The predicted molar refractivity (Wildman–Crippen MR) is 48.4 cm³/mol. The second kappa shape index (κ2) is 3.02. The lowest BCUT2D eigenvalue weighted by Crippen LogP contribution is -2.12. The molecule has 13 heavy (non-hydrogen) atoms. The van der Waals surface area contributed by atoms with Crippen LogP contribution in [0.15, 0.2) is 18.2 Å². The fourth-order valence-electron chi connectivity index (χ4n) is 1.80. The van der Waals surface area contributed by atoms with Crippen LogP contribution < -0.4 is 0 Å². The number of rotatable bonds is 0. The Morgan fingerprint density at radius 3 is 2.92 bits per heavy atom. The topological polar surface area (TPSA) is 40.9 Å². The molecule has 64 valence electrons. The van der Waals surface area contributed by atoms with E-state index in [0.717, 1.165) is 18.4 Å². The number of ketones is 1. The zero-order valence-corrected chi connectivity index (χ0v) is 7.21. The van der Waals surface area contributed by atoms with Crippen molar-refractivity contribution in [2.45, 2.75) is 19.3 Å². The minimum absolute atomic E-state index is 0.124. The van der Waals surface area contributed by atoms with E-state index in [-0.39, 0.29) is 5.78 Å². The average molecular weight is 171 g/mol. The molecule has 0 bridgehead atoms. The van der Waals surface area contributed by atoms with Crippen LogP contribution in [0, 0.1) is 11.3 Å². The van der Waals surface area contributed by atoms with Crippen molar-refractivity contribution in [2.24, 2.45) is 0 Å². The summed E-state index contributed by atoms with van der Waals surface area (Å²) < 4.78 is 0. The molecule has 1 aromatic rings. The number of hydrogen-bond acceptors (Lipinski definition) is 2. The van der Waals surface area contributed by atoms with Crippen molar-refractivity contribution >= 4 is 5.78 Å². The highest BCUT2D eigenvalue weighted by atomic mass is 16.1. The lowest BCUT2D eigenvalue weighted by Gasteiger charge is -2.14. The third kappa shape index (κ3) is 1.23. The molecule has 0 radical (unpaired) electrons. The zero-order chi connectivity index (χ0) is 9.26. The van der Waals surface area contributed by atoms with Crippen molar-refractivity contribution in [3.8, 4) is 6.07 Å². The Labute approximate surface area is 76.8 Å². The summed E-state index contributed by atoms with van der Waals surface area (Å²) in [5.74, 6) is 0.124. The van der Waals surface area contributed by atoms with Crippen molar-refractivity contribution in [2.75, 3.05) is 0 Å². The standard InChI is InChI=1S/C11H9NO/c12-7-9-5-1-3-8-4-2-6-10(13)11(8)9/h1,3,5H,2,4,6H2. The van der Waals surface area contributed by atoms with Crippen LogP contribution in [0.25, 0.3) is 0 Å². The maximum absolute atomic E-state index is 11.5. The van der Waals surface area contributed by atoms with Crippen LogP contribution in [0.4, 0.5) is 0 Å². The second-order valence-electron chi connectivity index (χ2n) is 3.23. The highest BCUT2D eigenvalue weighted by Gasteiger charge is 2.19. The molecular weight excluding hydrogens is 162 g/mol. The van der Waals surface area contributed by atoms with E-state index in [4.69, 9.17) is 5.26 Å². The molecule has 0 unspecified atom stereocenters. The fraction of sp³-hybridized carbons (Fsp3) is 0.273. The van der Waals surface area contributed by atoms with Crippen molar-refractivity contribution in [1.29, 1.82) is 5.26 Å². The number of aryl methyl sites for hydroxylation is 1. The number of nitriles is 1. The molecule has 0 heterocycles. The van der Waals surface area contributed by atoms with Gasteiger partial charge in [0.25, 0.3) is 0 Å². The van der Waals surface area contributed by atoms with Crippen LogP contribution in [0.2, 0.25) is 0 Å². The highest BCUT2D eigenvalue weighted by Crippen LogP contribution is 2.23. The van der Waals surface area contributed by atoms with Crippen LogP contribution in [0.5, 0.6) is 0 Å². The molecule has 2 nitrogen and oxygen atoms in total. The van der Waals surface area contributed by atoms with E-state index in [1.807, 2.05) is 12.1 Å². The summed E-state index contributed by atoms with van der Waals surface area (Å²) in [5.41, 5.74) is 2.23. The molecule has 2 heteroatoms. The monoisotopic (exact) mass is 171 g/mol. The first-order chi connectivity index (χ1) is 6.33. The molecule has 0 fully saturated rings. The molecule has 0 aromatic heterocycles. The van der Waals surface area contributed by atoms with Crippen LogP contribution in [-0.2, 0) is 6.42 Å². The summed E-state index contributed by atoms with van der Waals surface area (Å²) >= 11 is 0. The van der Waals surface area contributed by atoms with E-state index in [1.165, 1.54) is 0 Å². The molecule has 0 N–H and O–H groups in total. The van der Waals surface area contributed by atoms with Gasteiger partial charge in [-0.05, 0) is 24.5 Å². The van der Waals surface area contributed by atoms with Gasteiger partial charge in [-0.25, -0.2) is 0 Å². The molecule has 0 atom stereocenters. The first kappa shape index (κ1) is 8.00. The summed E-state index contributed by atoms with van der Waals surface area (Å²) in [6.45, 7) is 0. The summed E-state index contributed by atoms with van der Waals surface area (Å²) in [4.78, 5) is 11.5. The van der Waals surface area contributed by atoms with E-state index in [0.29, 0.717) is 17.5 Å². The lowest BCUT2D eigenvalue weighted by atomic mass is 9.88. The van der Waals surface area contributed by atoms with Crippen LogP contribution in [0.1, 0.15) is 34.3 Å². The Balaban J connectivity index is 2.65. The van der Waals surface area contributed by atoms with E-state index in [9.17, 15) is 4.79 Å². The molecule has 2 rings (SSSR count). The Morgan fingerprint density at radius 1 is 1.31 bits per heavy atom.